The number of halogens is 1. The van der Waals surface area contributed by atoms with E-state index in [2.05, 4.69) is 49.9 Å². The van der Waals surface area contributed by atoms with Crippen molar-refractivity contribution >= 4 is 0 Å². The third-order valence-corrected chi connectivity index (χ3v) is 3.98. The van der Waals surface area contributed by atoms with Crippen LogP contribution in [0.15, 0.2) is 18.3 Å². The van der Waals surface area contributed by atoms with Gasteiger partial charge in [-0.2, -0.15) is 0 Å². The van der Waals surface area contributed by atoms with E-state index in [1.807, 2.05) is 0 Å². The van der Waals surface area contributed by atoms with Crippen LogP contribution in [0.4, 0.5) is 4.39 Å². The summed E-state index contributed by atoms with van der Waals surface area (Å²) in [5.74, 6) is 0.125. The zero-order chi connectivity index (χ0) is 15.1. The second-order valence-corrected chi connectivity index (χ2v) is 5.61. The molecule has 0 amide bonds. The van der Waals surface area contributed by atoms with Crippen LogP contribution in [-0.4, -0.2) is 36.1 Å². The summed E-state index contributed by atoms with van der Waals surface area (Å²) in [6.07, 6.45) is 2.44. The van der Waals surface area contributed by atoms with E-state index < -0.39 is 0 Å². The molecule has 20 heavy (non-hydrogen) atoms. The molecule has 0 fully saturated rings. The lowest BCUT2D eigenvalue weighted by atomic mass is 9.97. The zero-order valence-electron chi connectivity index (χ0n) is 13.4. The van der Waals surface area contributed by atoms with E-state index in [0.717, 1.165) is 25.2 Å². The topological polar surface area (TPSA) is 28.2 Å². The highest BCUT2D eigenvalue weighted by Crippen LogP contribution is 2.22. The number of hydrogen-bond acceptors (Lipinski definition) is 3. The Hall–Kier alpha value is -1.00. The van der Waals surface area contributed by atoms with Crippen molar-refractivity contribution in [1.82, 2.24) is 15.2 Å². The van der Waals surface area contributed by atoms with Crippen molar-refractivity contribution in [2.24, 2.45) is 5.92 Å². The molecule has 0 saturated heterocycles. The summed E-state index contributed by atoms with van der Waals surface area (Å²) in [4.78, 5) is 6.61. The van der Waals surface area contributed by atoms with Gasteiger partial charge in [0.1, 0.15) is 5.82 Å². The van der Waals surface area contributed by atoms with Gasteiger partial charge in [0, 0.05) is 12.6 Å². The lowest BCUT2D eigenvalue weighted by Gasteiger charge is -2.31. The van der Waals surface area contributed by atoms with Crippen LogP contribution in [0, 0.1) is 11.7 Å². The smallest absolute Gasteiger partial charge is 0.141 e. The van der Waals surface area contributed by atoms with Crippen molar-refractivity contribution in [2.45, 2.75) is 46.2 Å². The quantitative estimate of drug-likeness (QED) is 0.793. The van der Waals surface area contributed by atoms with Crippen LogP contribution in [0.5, 0.6) is 0 Å². The minimum Gasteiger partial charge on any atom is -0.309 e. The molecule has 1 rings (SSSR count). The average Bonchev–Trinajstić information content (AvgIpc) is 2.44. The molecule has 0 aliphatic rings. The molecule has 1 heterocycles. The number of aromatic nitrogens is 1. The first-order chi connectivity index (χ1) is 9.49. The maximum Gasteiger partial charge on any atom is 0.141 e. The fraction of sp³-hybridized carbons (Fsp3) is 0.688. The highest BCUT2D eigenvalue weighted by atomic mass is 19.1. The Morgan fingerprint density at radius 2 is 2.00 bits per heavy atom. The Kier molecular flexibility index (Phi) is 7.10. The van der Waals surface area contributed by atoms with Gasteiger partial charge in [0.15, 0.2) is 0 Å². The zero-order valence-corrected chi connectivity index (χ0v) is 13.4. The van der Waals surface area contributed by atoms with Gasteiger partial charge in [-0.3, -0.25) is 4.98 Å². The molecule has 0 aliphatic heterocycles. The monoisotopic (exact) mass is 281 g/mol. The molecular weight excluding hydrogens is 253 g/mol. The number of nitrogens with zero attached hydrogens (tertiary/aromatic N) is 2. The first-order valence-electron chi connectivity index (χ1n) is 7.54. The summed E-state index contributed by atoms with van der Waals surface area (Å²) in [5, 5.41) is 3.47. The predicted molar refractivity (Wildman–Crippen MR) is 82.2 cm³/mol. The van der Waals surface area contributed by atoms with Gasteiger partial charge in [-0.05, 0) is 45.0 Å². The van der Waals surface area contributed by atoms with Crippen LogP contribution in [0.2, 0.25) is 0 Å². The van der Waals surface area contributed by atoms with Crippen molar-refractivity contribution in [2.75, 3.05) is 20.1 Å². The van der Waals surface area contributed by atoms with E-state index in [9.17, 15) is 4.39 Å². The number of hydrogen-bond donors (Lipinski definition) is 1. The summed E-state index contributed by atoms with van der Waals surface area (Å²) in [5.41, 5.74) is 0.915. The van der Waals surface area contributed by atoms with Gasteiger partial charge in [0.05, 0.1) is 17.9 Å². The van der Waals surface area contributed by atoms with Crippen LogP contribution >= 0.6 is 0 Å². The van der Waals surface area contributed by atoms with Gasteiger partial charge in [0.2, 0.25) is 0 Å². The van der Waals surface area contributed by atoms with Gasteiger partial charge in [0.25, 0.3) is 0 Å². The van der Waals surface area contributed by atoms with Gasteiger partial charge < -0.3 is 10.2 Å². The van der Waals surface area contributed by atoms with Crippen LogP contribution in [0.25, 0.3) is 0 Å². The minimum absolute atomic E-state index is 0.159. The Balaban J connectivity index is 2.76. The first kappa shape index (κ1) is 17.1. The highest BCUT2D eigenvalue weighted by Gasteiger charge is 2.22. The van der Waals surface area contributed by atoms with E-state index in [-0.39, 0.29) is 11.9 Å². The Bertz CT molecular complexity index is 380. The molecule has 1 N–H and O–H groups in total. The van der Waals surface area contributed by atoms with Crippen molar-refractivity contribution in [3.8, 4) is 0 Å². The molecule has 1 aromatic rings. The second kappa shape index (κ2) is 8.32. The maximum absolute atomic E-state index is 13.0. The maximum atomic E-state index is 13.0. The molecule has 1 aromatic heterocycles. The summed E-state index contributed by atoms with van der Waals surface area (Å²) in [7, 11) is 2.16. The standard InChI is InChI=1S/C16H28FN3/c1-6-13(4)20(5)11-12(3)16(18-7-2)15-9-8-14(17)10-19-15/h8-10,12-13,16,18H,6-7,11H2,1-5H3. The normalized spacial score (nSPS) is 16.1. The van der Waals surface area contributed by atoms with Crippen molar-refractivity contribution in [3.05, 3.63) is 29.8 Å². The molecule has 0 saturated carbocycles. The van der Waals surface area contributed by atoms with E-state index in [0.29, 0.717) is 12.0 Å². The predicted octanol–water partition coefficient (Wildman–Crippen LogP) is 3.24. The molecule has 0 aliphatic carbocycles. The van der Waals surface area contributed by atoms with Gasteiger partial charge in [-0.1, -0.05) is 20.8 Å². The van der Waals surface area contributed by atoms with Crippen molar-refractivity contribution in [3.63, 3.8) is 0 Å². The minimum atomic E-state index is -0.284. The molecule has 0 aromatic carbocycles. The van der Waals surface area contributed by atoms with Crippen LogP contribution in [0.3, 0.4) is 0 Å². The Morgan fingerprint density at radius 3 is 2.50 bits per heavy atom. The summed E-state index contributed by atoms with van der Waals surface area (Å²) >= 11 is 0. The van der Waals surface area contributed by atoms with E-state index in [1.54, 1.807) is 6.07 Å². The Labute approximate surface area is 122 Å². The lowest BCUT2D eigenvalue weighted by molar-refractivity contribution is 0.196. The molecule has 0 bridgehead atoms. The van der Waals surface area contributed by atoms with Gasteiger partial charge in [-0.25, -0.2) is 4.39 Å². The number of pyridine rings is 1. The average molecular weight is 281 g/mol. The highest BCUT2D eigenvalue weighted by molar-refractivity contribution is 5.11. The van der Waals surface area contributed by atoms with E-state index in [4.69, 9.17) is 0 Å². The van der Waals surface area contributed by atoms with Gasteiger partial charge >= 0.3 is 0 Å². The van der Waals surface area contributed by atoms with Gasteiger partial charge in [-0.15, -0.1) is 0 Å². The van der Waals surface area contributed by atoms with E-state index in [1.165, 1.54) is 12.3 Å². The molecular formula is C16H28FN3. The Morgan fingerprint density at radius 1 is 1.30 bits per heavy atom. The molecule has 3 unspecified atom stereocenters. The third kappa shape index (κ3) is 4.84. The fourth-order valence-corrected chi connectivity index (χ4v) is 2.44. The van der Waals surface area contributed by atoms with Crippen LogP contribution in [-0.2, 0) is 0 Å². The molecule has 3 atom stereocenters. The van der Waals surface area contributed by atoms with E-state index >= 15 is 0 Å². The fourth-order valence-electron chi connectivity index (χ4n) is 2.44. The largest absolute Gasteiger partial charge is 0.309 e. The lowest BCUT2D eigenvalue weighted by Crippen LogP contribution is -2.38. The third-order valence-electron chi connectivity index (χ3n) is 3.98. The summed E-state index contributed by atoms with van der Waals surface area (Å²) in [6.45, 7) is 10.6. The van der Waals surface area contributed by atoms with Crippen molar-refractivity contribution < 1.29 is 4.39 Å². The summed E-state index contributed by atoms with van der Waals surface area (Å²) in [6, 6.07) is 3.99. The van der Waals surface area contributed by atoms with Crippen molar-refractivity contribution in [1.29, 1.82) is 0 Å². The van der Waals surface area contributed by atoms with Crippen LogP contribution < -0.4 is 5.32 Å². The molecule has 3 nitrogen and oxygen atoms in total. The summed E-state index contributed by atoms with van der Waals surface area (Å²) < 4.78 is 13.0. The molecule has 0 radical (unpaired) electrons. The second-order valence-electron chi connectivity index (χ2n) is 5.61. The number of rotatable bonds is 8. The number of nitrogens with one attached hydrogen (secondary N) is 1. The SMILES string of the molecule is CCNC(c1ccc(F)cn1)C(C)CN(C)C(C)CC. The first-order valence-corrected chi connectivity index (χ1v) is 7.54. The molecule has 114 valence electrons. The van der Waals surface area contributed by atoms with Crippen LogP contribution in [0.1, 0.15) is 45.9 Å². The molecule has 0 spiro atoms. The molecule has 4 heteroatoms.